The van der Waals surface area contributed by atoms with Gasteiger partial charge in [0, 0.05) is 6.04 Å². The molecule has 0 spiro atoms. The minimum Gasteiger partial charge on any atom is -0.360 e. The Labute approximate surface area is 145 Å². The van der Waals surface area contributed by atoms with E-state index in [1.165, 1.54) is 12.1 Å². The van der Waals surface area contributed by atoms with Crippen molar-refractivity contribution in [2.24, 2.45) is 5.92 Å². The number of aromatic nitrogens is 1. The predicted molar refractivity (Wildman–Crippen MR) is 90.5 cm³/mol. The molecule has 128 valence electrons. The predicted octanol–water partition coefficient (Wildman–Crippen LogP) is 4.75. The highest BCUT2D eigenvalue weighted by Gasteiger charge is 2.27. The molecule has 1 aliphatic rings. The zero-order chi connectivity index (χ0) is 17.3. The van der Waals surface area contributed by atoms with E-state index in [1.807, 2.05) is 0 Å². The summed E-state index contributed by atoms with van der Waals surface area (Å²) in [5.74, 6) is 0.230. The van der Waals surface area contributed by atoms with Crippen molar-refractivity contribution in [1.82, 2.24) is 10.5 Å². The molecule has 2 aromatic rings. The fourth-order valence-electron chi connectivity index (χ4n) is 3.20. The lowest BCUT2D eigenvalue weighted by Gasteiger charge is -2.26. The van der Waals surface area contributed by atoms with Crippen LogP contribution >= 0.6 is 11.6 Å². The van der Waals surface area contributed by atoms with Crippen LogP contribution in [0.1, 0.15) is 48.7 Å². The van der Waals surface area contributed by atoms with Crippen molar-refractivity contribution in [3.63, 3.8) is 0 Å². The number of aryl methyl sites for hydroxylation is 1. The van der Waals surface area contributed by atoms with Gasteiger partial charge in [-0.3, -0.25) is 4.79 Å². The molecule has 1 aliphatic carbocycles. The molecule has 1 saturated carbocycles. The number of hydrogen-bond donors (Lipinski definition) is 1. The van der Waals surface area contributed by atoms with Crippen LogP contribution in [0, 0.1) is 18.7 Å². The summed E-state index contributed by atoms with van der Waals surface area (Å²) in [6, 6.07) is 4.49. The van der Waals surface area contributed by atoms with Crippen LogP contribution in [0.2, 0.25) is 5.02 Å². The lowest BCUT2D eigenvalue weighted by molar-refractivity contribution is 0.0922. The average Bonchev–Trinajstić information content (AvgIpc) is 2.91. The highest BCUT2D eigenvalue weighted by Crippen LogP contribution is 2.33. The zero-order valence-electron chi connectivity index (χ0n) is 13.7. The quantitative estimate of drug-likeness (QED) is 0.869. The van der Waals surface area contributed by atoms with Crippen LogP contribution in [0.5, 0.6) is 0 Å². The normalized spacial score (nSPS) is 20.8. The number of rotatable bonds is 3. The van der Waals surface area contributed by atoms with Gasteiger partial charge >= 0.3 is 0 Å². The minimum atomic E-state index is -0.531. The summed E-state index contributed by atoms with van der Waals surface area (Å²) in [6.45, 7) is 3.86. The molecule has 1 fully saturated rings. The largest absolute Gasteiger partial charge is 0.360 e. The molecule has 0 unspecified atom stereocenters. The Balaban J connectivity index is 1.89. The number of hydrogen-bond acceptors (Lipinski definition) is 3. The fourth-order valence-corrected chi connectivity index (χ4v) is 3.45. The third kappa shape index (κ3) is 3.31. The van der Waals surface area contributed by atoms with Crippen molar-refractivity contribution < 1.29 is 13.7 Å². The zero-order valence-corrected chi connectivity index (χ0v) is 14.5. The Bertz CT molecular complexity index is 731. The molecule has 3 rings (SSSR count). The number of nitrogens with zero attached hydrogens (tertiary/aromatic N) is 1. The summed E-state index contributed by atoms with van der Waals surface area (Å²) >= 11 is 6.10. The van der Waals surface area contributed by atoms with Crippen LogP contribution in [0.4, 0.5) is 4.39 Å². The molecule has 0 radical (unpaired) electrons. The Hall–Kier alpha value is -1.88. The van der Waals surface area contributed by atoms with E-state index in [0.717, 1.165) is 25.7 Å². The molecule has 1 heterocycles. The molecule has 0 atom stereocenters. The maximum absolute atomic E-state index is 14.2. The maximum atomic E-state index is 14.2. The molecule has 24 heavy (non-hydrogen) atoms. The van der Waals surface area contributed by atoms with Crippen LogP contribution in [-0.2, 0) is 0 Å². The van der Waals surface area contributed by atoms with Crippen molar-refractivity contribution >= 4 is 17.5 Å². The highest BCUT2D eigenvalue weighted by atomic mass is 35.5. The molecular weight excluding hydrogens is 331 g/mol. The molecule has 1 N–H and O–H groups in total. The molecule has 1 aromatic heterocycles. The SMILES string of the molecule is Cc1onc(-c2c(F)cccc2Cl)c1C(=O)NC1CCC(C)CC1. The number of nitrogens with one attached hydrogen (secondary N) is 1. The molecule has 1 aromatic carbocycles. The highest BCUT2D eigenvalue weighted by molar-refractivity contribution is 6.33. The molecule has 4 nitrogen and oxygen atoms in total. The molecular formula is C18H20ClFN2O2. The van der Waals surface area contributed by atoms with Crippen molar-refractivity contribution in [3.8, 4) is 11.3 Å². The average molecular weight is 351 g/mol. The van der Waals surface area contributed by atoms with Gasteiger partial charge in [-0.2, -0.15) is 0 Å². The summed E-state index contributed by atoms with van der Waals surface area (Å²) in [7, 11) is 0. The summed E-state index contributed by atoms with van der Waals surface area (Å²) < 4.78 is 19.3. The van der Waals surface area contributed by atoms with Gasteiger partial charge in [0.25, 0.3) is 5.91 Å². The maximum Gasteiger partial charge on any atom is 0.257 e. The number of carbonyl (C=O) groups excluding carboxylic acids is 1. The van der Waals surface area contributed by atoms with Crippen LogP contribution in [0.15, 0.2) is 22.7 Å². The van der Waals surface area contributed by atoms with E-state index in [-0.39, 0.29) is 33.8 Å². The molecule has 1 amide bonds. The molecule has 0 saturated heterocycles. The van der Waals surface area contributed by atoms with Gasteiger partial charge in [-0.15, -0.1) is 0 Å². The van der Waals surface area contributed by atoms with Gasteiger partial charge in [-0.05, 0) is 50.7 Å². The second kappa shape index (κ2) is 6.93. The smallest absolute Gasteiger partial charge is 0.257 e. The Morgan fingerprint density at radius 1 is 1.33 bits per heavy atom. The van der Waals surface area contributed by atoms with E-state index in [2.05, 4.69) is 17.4 Å². The fraction of sp³-hybridized carbons (Fsp3) is 0.444. The van der Waals surface area contributed by atoms with Crippen molar-refractivity contribution in [3.05, 3.63) is 40.4 Å². The number of benzene rings is 1. The topological polar surface area (TPSA) is 55.1 Å². The van der Waals surface area contributed by atoms with Gasteiger partial charge in [0.15, 0.2) is 0 Å². The van der Waals surface area contributed by atoms with E-state index in [4.69, 9.17) is 16.1 Å². The first kappa shape index (κ1) is 17.0. The second-order valence-electron chi connectivity index (χ2n) is 6.49. The van der Waals surface area contributed by atoms with Gasteiger partial charge in [0.05, 0.1) is 10.6 Å². The van der Waals surface area contributed by atoms with E-state index in [1.54, 1.807) is 13.0 Å². The van der Waals surface area contributed by atoms with Crippen LogP contribution in [0.25, 0.3) is 11.3 Å². The Morgan fingerprint density at radius 2 is 2.04 bits per heavy atom. The summed E-state index contributed by atoms with van der Waals surface area (Å²) in [4.78, 5) is 12.7. The standard InChI is InChI=1S/C18H20ClFN2O2/c1-10-6-8-12(9-7-10)21-18(23)15-11(2)24-22-17(15)16-13(19)4-3-5-14(16)20/h3-5,10,12H,6-9H2,1-2H3,(H,21,23). The van der Waals surface area contributed by atoms with Gasteiger partial charge < -0.3 is 9.84 Å². The Kier molecular flexibility index (Phi) is 4.90. The van der Waals surface area contributed by atoms with Gasteiger partial charge in [0.1, 0.15) is 22.8 Å². The summed E-state index contributed by atoms with van der Waals surface area (Å²) in [5.41, 5.74) is 0.497. The first-order chi connectivity index (χ1) is 11.5. The van der Waals surface area contributed by atoms with E-state index >= 15 is 0 Å². The van der Waals surface area contributed by atoms with E-state index in [0.29, 0.717) is 11.7 Å². The molecule has 0 bridgehead atoms. The third-order valence-corrected chi connectivity index (χ3v) is 4.96. The summed E-state index contributed by atoms with van der Waals surface area (Å²) in [5, 5.41) is 7.10. The first-order valence-electron chi connectivity index (χ1n) is 8.19. The van der Waals surface area contributed by atoms with Crippen LogP contribution in [0.3, 0.4) is 0 Å². The lowest BCUT2D eigenvalue weighted by Crippen LogP contribution is -2.37. The molecule has 6 heteroatoms. The van der Waals surface area contributed by atoms with Crippen molar-refractivity contribution in [2.75, 3.05) is 0 Å². The number of carbonyl (C=O) groups is 1. The van der Waals surface area contributed by atoms with Gasteiger partial charge in [0.2, 0.25) is 0 Å². The number of halogens is 2. The third-order valence-electron chi connectivity index (χ3n) is 4.64. The number of amides is 1. The van der Waals surface area contributed by atoms with Gasteiger partial charge in [-0.25, -0.2) is 4.39 Å². The summed E-state index contributed by atoms with van der Waals surface area (Å²) in [6.07, 6.45) is 4.10. The monoisotopic (exact) mass is 350 g/mol. The molecule has 0 aliphatic heterocycles. The second-order valence-corrected chi connectivity index (χ2v) is 6.90. The minimum absolute atomic E-state index is 0.0958. The van der Waals surface area contributed by atoms with E-state index < -0.39 is 5.82 Å². The Morgan fingerprint density at radius 3 is 2.71 bits per heavy atom. The van der Waals surface area contributed by atoms with E-state index in [9.17, 15) is 9.18 Å². The van der Waals surface area contributed by atoms with Gasteiger partial charge in [-0.1, -0.05) is 29.7 Å². The van der Waals surface area contributed by atoms with Crippen LogP contribution < -0.4 is 5.32 Å². The van der Waals surface area contributed by atoms with Crippen LogP contribution in [-0.4, -0.2) is 17.1 Å². The van der Waals surface area contributed by atoms with Crippen molar-refractivity contribution in [1.29, 1.82) is 0 Å². The van der Waals surface area contributed by atoms with Crippen molar-refractivity contribution in [2.45, 2.75) is 45.6 Å². The first-order valence-corrected chi connectivity index (χ1v) is 8.56. The lowest BCUT2D eigenvalue weighted by atomic mass is 9.87.